The van der Waals surface area contributed by atoms with E-state index in [0.29, 0.717) is 11.7 Å². The number of nitrogens with one attached hydrogen (secondary N) is 1. The van der Waals surface area contributed by atoms with Crippen LogP contribution in [0, 0.1) is 0 Å². The Balaban J connectivity index is 1.67. The fourth-order valence-corrected chi connectivity index (χ4v) is 3.38. The zero-order valence-corrected chi connectivity index (χ0v) is 11.7. The van der Waals surface area contributed by atoms with E-state index >= 15 is 0 Å². The molecule has 1 aliphatic carbocycles. The first-order valence-electron chi connectivity index (χ1n) is 6.79. The van der Waals surface area contributed by atoms with Crippen LogP contribution >= 0.6 is 11.8 Å². The molecule has 1 fully saturated rings. The minimum Gasteiger partial charge on any atom is -0.480 e. The molecule has 4 nitrogen and oxygen atoms in total. The van der Waals surface area contributed by atoms with Gasteiger partial charge in [-0.25, -0.2) is 4.98 Å². The van der Waals surface area contributed by atoms with Crippen molar-refractivity contribution in [2.75, 3.05) is 5.75 Å². The quantitative estimate of drug-likeness (QED) is 0.922. The minimum absolute atomic E-state index is 0.0793. The lowest BCUT2D eigenvalue weighted by molar-refractivity contribution is 0.209. The van der Waals surface area contributed by atoms with Crippen molar-refractivity contribution in [2.24, 2.45) is 0 Å². The molecule has 2 heterocycles. The summed E-state index contributed by atoms with van der Waals surface area (Å²) in [7, 11) is 0. The van der Waals surface area contributed by atoms with Gasteiger partial charge in [-0.3, -0.25) is 4.79 Å². The van der Waals surface area contributed by atoms with Gasteiger partial charge in [0.15, 0.2) is 11.9 Å². The molecule has 1 atom stereocenters. The summed E-state index contributed by atoms with van der Waals surface area (Å²) in [5.41, 5.74) is 0.834. The maximum atomic E-state index is 11.8. The number of benzene rings is 1. The van der Waals surface area contributed by atoms with Crippen molar-refractivity contribution < 1.29 is 4.74 Å². The zero-order valence-electron chi connectivity index (χ0n) is 10.8. The number of hydrogen-bond acceptors (Lipinski definition) is 4. The van der Waals surface area contributed by atoms with Gasteiger partial charge < -0.3 is 9.72 Å². The van der Waals surface area contributed by atoms with Crippen molar-refractivity contribution >= 4 is 11.8 Å². The molecular formula is C15H14N2O2S. The summed E-state index contributed by atoms with van der Waals surface area (Å²) in [5.74, 6) is 2.77. The van der Waals surface area contributed by atoms with Crippen LogP contribution in [0.2, 0.25) is 0 Å². The van der Waals surface area contributed by atoms with Crippen molar-refractivity contribution in [3.05, 3.63) is 52.2 Å². The predicted octanol–water partition coefficient (Wildman–Crippen LogP) is 2.87. The molecule has 5 heteroatoms. The molecule has 0 amide bonds. The van der Waals surface area contributed by atoms with Gasteiger partial charge in [-0.05, 0) is 25.0 Å². The van der Waals surface area contributed by atoms with E-state index in [2.05, 4.69) is 9.97 Å². The maximum Gasteiger partial charge on any atom is 0.251 e. The highest BCUT2D eigenvalue weighted by molar-refractivity contribution is 7.99. The molecule has 102 valence electrons. The van der Waals surface area contributed by atoms with Crippen LogP contribution in [0.25, 0.3) is 0 Å². The van der Waals surface area contributed by atoms with Gasteiger partial charge in [0, 0.05) is 22.6 Å². The minimum atomic E-state index is -0.179. The van der Waals surface area contributed by atoms with Gasteiger partial charge >= 0.3 is 0 Å². The standard InChI is InChI=1S/C15H14N2O2S/c18-14-7-10(9-5-6-9)16-15(17-14)12-8-20-13-4-2-1-3-11(13)19-12/h1-4,7,9,12H,5-6,8H2,(H,16,17,18). The van der Waals surface area contributed by atoms with Gasteiger partial charge in [0.25, 0.3) is 5.56 Å². The van der Waals surface area contributed by atoms with Gasteiger partial charge in [0.1, 0.15) is 5.75 Å². The van der Waals surface area contributed by atoms with E-state index in [1.54, 1.807) is 17.8 Å². The summed E-state index contributed by atoms with van der Waals surface area (Å²) in [4.78, 5) is 20.3. The number of aromatic amines is 1. The number of ether oxygens (including phenoxy) is 1. The van der Waals surface area contributed by atoms with Gasteiger partial charge in [-0.2, -0.15) is 0 Å². The summed E-state index contributed by atoms with van der Waals surface area (Å²) in [6.45, 7) is 0. The third-order valence-electron chi connectivity index (χ3n) is 3.59. The maximum absolute atomic E-state index is 11.8. The Morgan fingerprint density at radius 3 is 3.00 bits per heavy atom. The lowest BCUT2D eigenvalue weighted by Crippen LogP contribution is -2.22. The van der Waals surface area contributed by atoms with Crippen LogP contribution in [0.1, 0.15) is 36.4 Å². The van der Waals surface area contributed by atoms with Crippen LogP contribution in [0.15, 0.2) is 40.0 Å². The van der Waals surface area contributed by atoms with Crippen LogP contribution in [-0.4, -0.2) is 15.7 Å². The Hall–Kier alpha value is -1.75. The van der Waals surface area contributed by atoms with Crippen LogP contribution in [0.4, 0.5) is 0 Å². The molecule has 0 spiro atoms. The van der Waals surface area contributed by atoms with E-state index in [0.717, 1.165) is 34.9 Å². The Bertz CT molecular complexity index is 709. The zero-order chi connectivity index (χ0) is 13.5. The van der Waals surface area contributed by atoms with Crippen molar-refractivity contribution in [1.82, 2.24) is 9.97 Å². The lowest BCUT2D eigenvalue weighted by Gasteiger charge is -2.24. The fraction of sp³-hybridized carbons (Fsp3) is 0.333. The summed E-state index contributed by atoms with van der Waals surface area (Å²) in [6.07, 6.45) is 2.10. The Morgan fingerprint density at radius 1 is 1.30 bits per heavy atom. The number of nitrogens with zero attached hydrogens (tertiary/aromatic N) is 1. The van der Waals surface area contributed by atoms with E-state index in [1.165, 1.54) is 0 Å². The molecule has 1 unspecified atom stereocenters. The first-order valence-corrected chi connectivity index (χ1v) is 7.78. The monoisotopic (exact) mass is 286 g/mol. The molecule has 1 N–H and O–H groups in total. The van der Waals surface area contributed by atoms with E-state index in [-0.39, 0.29) is 11.7 Å². The van der Waals surface area contributed by atoms with E-state index in [1.807, 2.05) is 24.3 Å². The molecule has 1 saturated carbocycles. The predicted molar refractivity (Wildman–Crippen MR) is 77.4 cm³/mol. The van der Waals surface area contributed by atoms with Gasteiger partial charge in [-0.15, -0.1) is 11.8 Å². The second kappa shape index (κ2) is 4.66. The molecule has 20 heavy (non-hydrogen) atoms. The lowest BCUT2D eigenvalue weighted by atomic mass is 10.2. The van der Waals surface area contributed by atoms with Gasteiger partial charge in [-0.1, -0.05) is 12.1 Å². The van der Waals surface area contributed by atoms with Crippen LogP contribution < -0.4 is 10.3 Å². The van der Waals surface area contributed by atoms with Crippen molar-refractivity contribution in [1.29, 1.82) is 0 Å². The number of rotatable bonds is 2. The Labute approximate surface area is 120 Å². The molecule has 2 aliphatic rings. The third kappa shape index (κ3) is 2.22. The smallest absolute Gasteiger partial charge is 0.251 e. The summed E-state index contributed by atoms with van der Waals surface area (Å²) in [6, 6.07) is 9.58. The molecule has 1 aromatic heterocycles. The molecule has 1 aliphatic heterocycles. The number of H-pyrrole nitrogens is 1. The SMILES string of the molecule is O=c1cc(C2CC2)nc(C2CSc3ccccc3O2)[nH]1. The first-order chi connectivity index (χ1) is 9.79. The summed E-state index contributed by atoms with van der Waals surface area (Å²) in [5, 5.41) is 0. The normalized spacial score (nSPS) is 21.1. The van der Waals surface area contributed by atoms with E-state index in [9.17, 15) is 4.79 Å². The third-order valence-corrected chi connectivity index (χ3v) is 4.71. The van der Waals surface area contributed by atoms with Crippen molar-refractivity contribution in [3.63, 3.8) is 0 Å². The molecule has 2 aromatic rings. The second-order valence-corrected chi connectivity index (χ2v) is 6.26. The molecular weight excluding hydrogens is 272 g/mol. The highest BCUT2D eigenvalue weighted by atomic mass is 32.2. The first kappa shape index (κ1) is 12.0. The highest BCUT2D eigenvalue weighted by Crippen LogP contribution is 2.41. The Morgan fingerprint density at radius 2 is 2.15 bits per heavy atom. The van der Waals surface area contributed by atoms with Gasteiger partial charge in [0.05, 0.1) is 5.69 Å². The van der Waals surface area contributed by atoms with E-state index in [4.69, 9.17) is 4.74 Å². The molecule has 1 aromatic carbocycles. The van der Waals surface area contributed by atoms with Crippen molar-refractivity contribution in [3.8, 4) is 5.75 Å². The van der Waals surface area contributed by atoms with Crippen LogP contribution in [-0.2, 0) is 0 Å². The summed E-state index contributed by atoms with van der Waals surface area (Å²) < 4.78 is 5.97. The van der Waals surface area contributed by atoms with Crippen molar-refractivity contribution in [2.45, 2.75) is 29.8 Å². The average Bonchev–Trinajstić information content (AvgIpc) is 3.31. The summed E-state index contributed by atoms with van der Waals surface area (Å²) >= 11 is 1.74. The number of thioether (sulfide) groups is 1. The molecule has 0 bridgehead atoms. The van der Waals surface area contributed by atoms with Gasteiger partial charge in [0.2, 0.25) is 0 Å². The number of aromatic nitrogens is 2. The number of hydrogen-bond donors (Lipinski definition) is 1. The van der Waals surface area contributed by atoms with E-state index < -0.39 is 0 Å². The van der Waals surface area contributed by atoms with Crippen LogP contribution in [0.5, 0.6) is 5.75 Å². The topological polar surface area (TPSA) is 55.0 Å². The largest absolute Gasteiger partial charge is 0.480 e. The number of fused-ring (bicyclic) bond motifs is 1. The molecule has 4 rings (SSSR count). The average molecular weight is 286 g/mol. The molecule has 0 radical (unpaired) electrons. The fourth-order valence-electron chi connectivity index (χ4n) is 2.39. The second-order valence-electron chi connectivity index (χ2n) is 5.19. The molecule has 0 saturated heterocycles. The Kier molecular flexibility index (Phi) is 2.80. The van der Waals surface area contributed by atoms with Crippen LogP contribution in [0.3, 0.4) is 0 Å². The highest BCUT2D eigenvalue weighted by Gasteiger charge is 2.28. The number of para-hydroxylation sites is 1.